The van der Waals surface area contributed by atoms with Crippen molar-refractivity contribution >= 4 is 37.4 Å². The van der Waals surface area contributed by atoms with Gasteiger partial charge < -0.3 is 5.11 Å². The molecule has 1 N–H and O–H groups in total. The molecule has 0 unspecified atom stereocenters. The van der Waals surface area contributed by atoms with E-state index in [0.717, 1.165) is 10.4 Å². The van der Waals surface area contributed by atoms with Crippen LogP contribution >= 0.6 is 11.6 Å². The van der Waals surface area contributed by atoms with Crippen LogP contribution in [0.15, 0.2) is 35.7 Å². The number of rotatable bonds is 6. The van der Waals surface area contributed by atoms with Gasteiger partial charge in [0.15, 0.2) is 9.84 Å². The number of sulfone groups is 1. The van der Waals surface area contributed by atoms with Crippen molar-refractivity contribution in [1.29, 1.82) is 0 Å². The Bertz CT molecular complexity index is 879. The smallest absolute Gasteiger partial charge is 0.335 e. The van der Waals surface area contributed by atoms with Crippen molar-refractivity contribution in [3.05, 3.63) is 41.4 Å². The van der Waals surface area contributed by atoms with Crippen molar-refractivity contribution in [1.82, 2.24) is 4.31 Å². The van der Waals surface area contributed by atoms with E-state index in [0.29, 0.717) is 0 Å². The first kappa shape index (κ1) is 18.9. The van der Waals surface area contributed by atoms with Gasteiger partial charge in [0.2, 0.25) is 10.0 Å². The maximum absolute atomic E-state index is 12.9. The number of carbonyl (C=O) groups is 1. The average Bonchev–Trinajstić information content (AvgIpc) is 2.84. The molecule has 7 nitrogen and oxygen atoms in total. The van der Waals surface area contributed by atoms with E-state index in [2.05, 4.69) is 6.58 Å². The summed E-state index contributed by atoms with van der Waals surface area (Å²) in [7, 11) is -7.48. The highest BCUT2D eigenvalue weighted by molar-refractivity contribution is 7.92. The molecule has 0 saturated carbocycles. The Morgan fingerprint density at radius 2 is 2.12 bits per heavy atom. The van der Waals surface area contributed by atoms with Crippen molar-refractivity contribution in [3.8, 4) is 0 Å². The normalized spacial score (nSPS) is 20.2. The monoisotopic (exact) mass is 393 g/mol. The van der Waals surface area contributed by atoms with Crippen LogP contribution in [0.2, 0.25) is 5.02 Å². The lowest BCUT2D eigenvalue weighted by Crippen LogP contribution is -2.41. The average molecular weight is 394 g/mol. The summed E-state index contributed by atoms with van der Waals surface area (Å²) in [5.41, 5.74) is -0.226. The maximum atomic E-state index is 12.9. The van der Waals surface area contributed by atoms with E-state index in [9.17, 15) is 21.6 Å². The van der Waals surface area contributed by atoms with Gasteiger partial charge in [-0.3, -0.25) is 0 Å². The van der Waals surface area contributed by atoms with Crippen LogP contribution in [0.4, 0.5) is 0 Å². The van der Waals surface area contributed by atoms with Gasteiger partial charge in [-0.25, -0.2) is 21.6 Å². The number of hydrogen-bond acceptors (Lipinski definition) is 5. The first-order valence-electron chi connectivity index (χ1n) is 6.94. The van der Waals surface area contributed by atoms with E-state index >= 15 is 0 Å². The minimum Gasteiger partial charge on any atom is -0.478 e. The van der Waals surface area contributed by atoms with Crippen molar-refractivity contribution in [2.24, 2.45) is 0 Å². The summed E-state index contributed by atoms with van der Waals surface area (Å²) in [6.07, 6.45) is 1.52. The van der Waals surface area contributed by atoms with Crippen molar-refractivity contribution in [3.63, 3.8) is 0 Å². The summed E-state index contributed by atoms with van der Waals surface area (Å²) < 4.78 is 50.2. The SMILES string of the molecule is C=CCN([C@H]1CCS(=O)(=O)C1)S(=O)(=O)c1cc(C(=O)O)ccc1Cl. The molecule has 0 spiro atoms. The molecule has 1 aliphatic heterocycles. The van der Waals surface area contributed by atoms with Crippen LogP contribution in [0.5, 0.6) is 0 Å². The van der Waals surface area contributed by atoms with Crippen LogP contribution in [0.1, 0.15) is 16.8 Å². The number of carboxylic acid groups (broad SMARTS) is 1. The van der Waals surface area contributed by atoms with Gasteiger partial charge >= 0.3 is 5.97 Å². The third kappa shape index (κ3) is 3.80. The summed E-state index contributed by atoms with van der Waals surface area (Å²) in [5, 5.41) is 8.91. The Morgan fingerprint density at radius 3 is 2.62 bits per heavy atom. The van der Waals surface area contributed by atoms with Gasteiger partial charge in [-0.05, 0) is 24.6 Å². The largest absolute Gasteiger partial charge is 0.478 e. The molecule has 0 radical (unpaired) electrons. The summed E-state index contributed by atoms with van der Waals surface area (Å²) in [6.45, 7) is 3.40. The topological polar surface area (TPSA) is 109 Å². The molecule has 1 aromatic carbocycles. The van der Waals surface area contributed by atoms with E-state index in [1.165, 1.54) is 18.2 Å². The van der Waals surface area contributed by atoms with Crippen LogP contribution in [-0.4, -0.2) is 56.3 Å². The molecule has 1 fully saturated rings. The molecule has 0 amide bonds. The molecule has 2 rings (SSSR count). The van der Waals surface area contributed by atoms with Gasteiger partial charge in [-0.15, -0.1) is 6.58 Å². The van der Waals surface area contributed by atoms with Gasteiger partial charge in [0, 0.05) is 12.6 Å². The van der Waals surface area contributed by atoms with Gasteiger partial charge in [-0.1, -0.05) is 17.7 Å². The number of halogens is 1. The molecule has 0 bridgehead atoms. The number of benzene rings is 1. The lowest BCUT2D eigenvalue weighted by atomic mass is 10.2. The quantitative estimate of drug-likeness (QED) is 0.732. The zero-order chi connectivity index (χ0) is 18.1. The first-order valence-corrected chi connectivity index (χ1v) is 10.6. The Morgan fingerprint density at radius 1 is 1.46 bits per heavy atom. The Balaban J connectivity index is 2.51. The predicted octanol–water partition coefficient (Wildman–Crippen LogP) is 1.40. The molecule has 0 aliphatic carbocycles. The number of carboxylic acids is 1. The highest BCUT2D eigenvalue weighted by Gasteiger charge is 2.39. The van der Waals surface area contributed by atoms with E-state index in [1.807, 2.05) is 0 Å². The van der Waals surface area contributed by atoms with Gasteiger partial charge in [0.1, 0.15) is 4.90 Å². The van der Waals surface area contributed by atoms with Gasteiger partial charge in [0.05, 0.1) is 22.1 Å². The van der Waals surface area contributed by atoms with Crippen molar-refractivity contribution < 1.29 is 26.7 Å². The standard InChI is InChI=1S/C14H16ClNO6S2/c1-2-6-16(11-5-7-23(19,20)9-11)24(21,22)13-8-10(14(17)18)3-4-12(13)15/h2-4,8,11H,1,5-7,9H2,(H,17,18)/t11-/m0/s1. The highest BCUT2D eigenvalue weighted by atomic mass is 35.5. The third-order valence-electron chi connectivity index (χ3n) is 3.69. The summed E-state index contributed by atoms with van der Waals surface area (Å²) in [6, 6.07) is 2.62. The third-order valence-corrected chi connectivity index (χ3v) is 7.84. The fourth-order valence-electron chi connectivity index (χ4n) is 2.53. The van der Waals surface area contributed by atoms with Crippen LogP contribution in [0.3, 0.4) is 0 Å². The molecule has 1 aliphatic rings. The number of aromatic carboxylic acids is 1. The zero-order valence-electron chi connectivity index (χ0n) is 12.6. The molecule has 1 aromatic rings. The second-order valence-electron chi connectivity index (χ2n) is 5.37. The Kier molecular flexibility index (Phi) is 5.38. The summed E-state index contributed by atoms with van der Waals surface area (Å²) in [4.78, 5) is 10.7. The maximum Gasteiger partial charge on any atom is 0.335 e. The number of sulfonamides is 1. The van der Waals surface area contributed by atoms with Gasteiger partial charge in [0.25, 0.3) is 0 Å². The summed E-state index contributed by atoms with van der Waals surface area (Å²) in [5.74, 6) is -1.66. The van der Waals surface area contributed by atoms with E-state index in [-0.39, 0.29) is 40.0 Å². The zero-order valence-corrected chi connectivity index (χ0v) is 14.9. The lowest BCUT2D eigenvalue weighted by molar-refractivity contribution is 0.0696. The van der Waals surface area contributed by atoms with E-state index in [4.69, 9.17) is 16.7 Å². The molecule has 132 valence electrons. The van der Waals surface area contributed by atoms with Gasteiger partial charge in [-0.2, -0.15) is 4.31 Å². The van der Waals surface area contributed by atoms with Crippen molar-refractivity contribution in [2.75, 3.05) is 18.1 Å². The molecule has 1 heterocycles. The lowest BCUT2D eigenvalue weighted by Gasteiger charge is -2.26. The number of nitrogens with zero attached hydrogens (tertiary/aromatic N) is 1. The van der Waals surface area contributed by atoms with Crippen LogP contribution < -0.4 is 0 Å². The molecule has 1 saturated heterocycles. The Labute approximate surface area is 145 Å². The van der Waals surface area contributed by atoms with Crippen LogP contribution in [-0.2, 0) is 19.9 Å². The molecule has 10 heteroatoms. The molecular weight excluding hydrogens is 378 g/mol. The van der Waals surface area contributed by atoms with E-state index in [1.54, 1.807) is 0 Å². The van der Waals surface area contributed by atoms with Crippen molar-refractivity contribution in [2.45, 2.75) is 17.4 Å². The minimum atomic E-state index is -4.18. The fraction of sp³-hybridized carbons (Fsp3) is 0.357. The minimum absolute atomic E-state index is 0.0935. The van der Waals surface area contributed by atoms with E-state index < -0.39 is 31.9 Å². The molecule has 1 atom stereocenters. The second-order valence-corrected chi connectivity index (χ2v) is 9.87. The highest BCUT2D eigenvalue weighted by Crippen LogP contribution is 2.30. The fourth-order valence-corrected chi connectivity index (χ4v) is 6.49. The molecule has 0 aromatic heterocycles. The summed E-state index contributed by atoms with van der Waals surface area (Å²) >= 11 is 5.95. The Hall–Kier alpha value is -1.42. The molecule has 24 heavy (non-hydrogen) atoms. The van der Waals surface area contributed by atoms with Crippen LogP contribution in [0.25, 0.3) is 0 Å². The molecular formula is C14H16ClNO6S2. The number of hydrogen-bond donors (Lipinski definition) is 1. The predicted molar refractivity (Wildman–Crippen MR) is 89.6 cm³/mol. The van der Waals surface area contributed by atoms with Crippen LogP contribution in [0, 0.1) is 0 Å². The first-order chi connectivity index (χ1) is 11.1. The second kappa shape index (κ2) is 6.83.